The molecule has 2 heteroatoms. The van der Waals surface area contributed by atoms with Crippen molar-refractivity contribution in [3.8, 4) is 0 Å². The van der Waals surface area contributed by atoms with Crippen LogP contribution in [0.1, 0.15) is 45.4 Å². The second-order valence-corrected chi connectivity index (χ2v) is 11.3. The molecule has 0 fully saturated rings. The molecule has 0 saturated heterocycles. The van der Waals surface area contributed by atoms with Gasteiger partial charge >= 0.3 is 0 Å². The van der Waals surface area contributed by atoms with Crippen molar-refractivity contribution < 1.29 is 4.79 Å². The molecule has 0 aliphatic heterocycles. The minimum atomic E-state index is -1.18. The Morgan fingerprint density at radius 1 is 1.06 bits per heavy atom. The van der Waals surface area contributed by atoms with Gasteiger partial charge in [0.1, 0.15) is 5.78 Å². The topological polar surface area (TPSA) is 17.1 Å². The quantitative estimate of drug-likeness (QED) is 0.321. The van der Waals surface area contributed by atoms with Gasteiger partial charge in [-0.25, -0.2) is 0 Å². The fourth-order valence-electron chi connectivity index (χ4n) is 1.67. The number of Topliss-reactive ketones (excluding diaryl/α,β-unsaturated/α-hetero) is 1. The Labute approximate surface area is 102 Å². The van der Waals surface area contributed by atoms with E-state index in [0.29, 0.717) is 5.78 Å². The predicted molar refractivity (Wildman–Crippen MR) is 75.7 cm³/mol. The Balaban J connectivity index is 3.47. The summed E-state index contributed by atoms with van der Waals surface area (Å²) in [5.41, 5.74) is 0. The van der Waals surface area contributed by atoms with Crippen LogP contribution >= 0.6 is 0 Å². The van der Waals surface area contributed by atoms with Crippen LogP contribution in [-0.2, 0) is 4.79 Å². The van der Waals surface area contributed by atoms with Crippen molar-refractivity contribution in [2.24, 2.45) is 0 Å². The molecule has 0 spiro atoms. The Morgan fingerprint density at radius 2 is 1.69 bits per heavy atom. The highest BCUT2D eigenvalue weighted by molar-refractivity contribution is 6.78. The van der Waals surface area contributed by atoms with Crippen molar-refractivity contribution in [1.82, 2.24) is 0 Å². The summed E-state index contributed by atoms with van der Waals surface area (Å²) < 4.78 is 0. The number of carbonyl (C=O) groups is 1. The van der Waals surface area contributed by atoms with Crippen LogP contribution in [0, 0.1) is 0 Å². The zero-order chi connectivity index (χ0) is 12.4. The molecule has 0 aliphatic rings. The molecule has 0 bridgehead atoms. The molecule has 1 nitrogen and oxygen atoms in total. The molecule has 0 unspecified atom stereocenters. The van der Waals surface area contributed by atoms with Gasteiger partial charge in [0.2, 0.25) is 0 Å². The number of rotatable bonds is 9. The van der Waals surface area contributed by atoms with Gasteiger partial charge in [-0.15, -0.1) is 0 Å². The van der Waals surface area contributed by atoms with Crippen molar-refractivity contribution in [1.29, 1.82) is 0 Å². The third-order valence-corrected chi connectivity index (χ3v) is 3.91. The summed E-state index contributed by atoms with van der Waals surface area (Å²) in [7, 11) is -1.18. The molecule has 0 aromatic heterocycles. The van der Waals surface area contributed by atoms with Gasteiger partial charge in [0.05, 0.1) is 8.07 Å². The lowest BCUT2D eigenvalue weighted by Crippen LogP contribution is -2.23. The van der Waals surface area contributed by atoms with Crippen molar-refractivity contribution in [2.45, 2.75) is 71.1 Å². The third kappa shape index (κ3) is 11.7. The first kappa shape index (κ1) is 15.6. The standard InChI is InChI=1S/C14H28OSi/c1-5-6-7-8-9-10-11-12-14(15)13-16(2,3)4/h9-10H,5-8,11-13H2,1-4H3/b10-9-. The lowest BCUT2D eigenvalue weighted by atomic mass is 10.1. The van der Waals surface area contributed by atoms with Gasteiger partial charge in [-0.3, -0.25) is 0 Å². The Hall–Kier alpha value is -0.373. The summed E-state index contributed by atoms with van der Waals surface area (Å²) in [6.07, 6.45) is 11.2. The Bertz CT molecular complexity index is 213. The zero-order valence-corrected chi connectivity index (χ0v) is 12.5. The first-order valence-electron chi connectivity index (χ1n) is 6.62. The predicted octanol–water partition coefficient (Wildman–Crippen LogP) is 4.81. The van der Waals surface area contributed by atoms with Gasteiger partial charge in [-0.05, 0) is 19.3 Å². The summed E-state index contributed by atoms with van der Waals surface area (Å²) in [5.74, 6) is 0.456. The summed E-state index contributed by atoms with van der Waals surface area (Å²) in [6, 6.07) is 0.844. The average Bonchev–Trinajstić information content (AvgIpc) is 2.13. The maximum absolute atomic E-state index is 11.6. The smallest absolute Gasteiger partial charge is 0.130 e. The first-order valence-corrected chi connectivity index (χ1v) is 10.3. The molecule has 94 valence electrons. The van der Waals surface area contributed by atoms with E-state index in [1.165, 1.54) is 25.7 Å². The van der Waals surface area contributed by atoms with Crippen LogP contribution in [0.2, 0.25) is 25.7 Å². The van der Waals surface area contributed by atoms with Crippen LogP contribution in [0.25, 0.3) is 0 Å². The zero-order valence-electron chi connectivity index (χ0n) is 11.5. The number of hydrogen-bond donors (Lipinski definition) is 0. The highest BCUT2D eigenvalue weighted by Crippen LogP contribution is 2.11. The molecule has 0 amide bonds. The largest absolute Gasteiger partial charge is 0.300 e. The molecular formula is C14H28OSi. The molecule has 0 heterocycles. The van der Waals surface area contributed by atoms with Gasteiger partial charge < -0.3 is 4.79 Å². The van der Waals surface area contributed by atoms with Gasteiger partial charge in [0, 0.05) is 12.5 Å². The second-order valence-electron chi connectivity index (χ2n) is 5.78. The van der Waals surface area contributed by atoms with Crippen LogP contribution in [0.3, 0.4) is 0 Å². The number of unbranched alkanes of at least 4 members (excludes halogenated alkanes) is 3. The Kier molecular flexibility index (Phi) is 8.54. The molecule has 0 radical (unpaired) electrons. The van der Waals surface area contributed by atoms with Crippen LogP contribution in [0.4, 0.5) is 0 Å². The maximum atomic E-state index is 11.6. The fourth-order valence-corrected chi connectivity index (χ4v) is 3.03. The molecule has 0 aromatic carbocycles. The van der Waals surface area contributed by atoms with E-state index >= 15 is 0 Å². The molecule has 16 heavy (non-hydrogen) atoms. The SMILES string of the molecule is CCCCC/C=C\CCC(=O)C[Si](C)(C)C. The number of carbonyl (C=O) groups excluding carboxylic acids is 1. The van der Waals surface area contributed by atoms with Crippen molar-refractivity contribution >= 4 is 13.9 Å². The summed E-state index contributed by atoms with van der Waals surface area (Å²) >= 11 is 0. The lowest BCUT2D eigenvalue weighted by Gasteiger charge is -2.13. The third-order valence-electron chi connectivity index (χ3n) is 2.46. The van der Waals surface area contributed by atoms with Crippen molar-refractivity contribution in [2.75, 3.05) is 0 Å². The molecule has 0 aromatic rings. The molecule has 0 atom stereocenters. The van der Waals surface area contributed by atoms with E-state index in [4.69, 9.17) is 0 Å². The fraction of sp³-hybridized carbons (Fsp3) is 0.786. The van der Waals surface area contributed by atoms with Crippen LogP contribution in [0.15, 0.2) is 12.2 Å². The highest BCUT2D eigenvalue weighted by Gasteiger charge is 2.16. The van der Waals surface area contributed by atoms with Gasteiger partial charge in [0.25, 0.3) is 0 Å². The van der Waals surface area contributed by atoms with Crippen LogP contribution < -0.4 is 0 Å². The van der Waals surface area contributed by atoms with E-state index in [1.807, 2.05) is 0 Å². The van der Waals surface area contributed by atoms with E-state index < -0.39 is 8.07 Å². The molecular weight excluding hydrogens is 212 g/mol. The van der Waals surface area contributed by atoms with Gasteiger partial charge in [0.15, 0.2) is 0 Å². The Morgan fingerprint density at radius 3 is 2.25 bits per heavy atom. The van der Waals surface area contributed by atoms with E-state index in [1.54, 1.807) is 0 Å². The number of hydrogen-bond acceptors (Lipinski definition) is 1. The molecule has 0 saturated carbocycles. The minimum Gasteiger partial charge on any atom is -0.300 e. The number of allylic oxidation sites excluding steroid dienone is 2. The first-order chi connectivity index (χ1) is 7.45. The number of ketones is 1. The molecule has 0 N–H and O–H groups in total. The monoisotopic (exact) mass is 240 g/mol. The van der Waals surface area contributed by atoms with Crippen LogP contribution in [0.5, 0.6) is 0 Å². The highest BCUT2D eigenvalue weighted by atomic mass is 28.3. The average molecular weight is 240 g/mol. The second kappa shape index (κ2) is 8.74. The van der Waals surface area contributed by atoms with Crippen molar-refractivity contribution in [3.05, 3.63) is 12.2 Å². The van der Waals surface area contributed by atoms with Crippen molar-refractivity contribution in [3.63, 3.8) is 0 Å². The van der Waals surface area contributed by atoms with Crippen LogP contribution in [-0.4, -0.2) is 13.9 Å². The minimum absolute atomic E-state index is 0.456. The maximum Gasteiger partial charge on any atom is 0.130 e. The van der Waals surface area contributed by atoms with E-state index in [-0.39, 0.29) is 0 Å². The van der Waals surface area contributed by atoms with E-state index in [0.717, 1.165) is 18.9 Å². The summed E-state index contributed by atoms with van der Waals surface area (Å²) in [5, 5.41) is 0. The normalized spacial score (nSPS) is 12.2. The summed E-state index contributed by atoms with van der Waals surface area (Å²) in [4.78, 5) is 11.6. The molecule has 0 rings (SSSR count). The summed E-state index contributed by atoms with van der Waals surface area (Å²) in [6.45, 7) is 8.99. The van der Waals surface area contributed by atoms with Gasteiger partial charge in [-0.2, -0.15) is 0 Å². The van der Waals surface area contributed by atoms with E-state index in [9.17, 15) is 4.79 Å². The lowest BCUT2D eigenvalue weighted by molar-refractivity contribution is -0.117. The van der Waals surface area contributed by atoms with Gasteiger partial charge in [-0.1, -0.05) is 51.6 Å². The molecule has 0 aliphatic carbocycles. The van der Waals surface area contributed by atoms with E-state index in [2.05, 4.69) is 38.7 Å².